The van der Waals surface area contributed by atoms with Crippen LogP contribution in [0.5, 0.6) is 0 Å². The molecule has 0 bridgehead atoms. The maximum atomic E-state index is 11.9. The van der Waals surface area contributed by atoms with Crippen molar-refractivity contribution in [1.29, 1.82) is 0 Å². The molecule has 3 aromatic rings. The molecule has 0 fully saturated rings. The Hall–Kier alpha value is -3.08. The van der Waals surface area contributed by atoms with E-state index in [0.29, 0.717) is 6.42 Å². The number of hydrogen-bond donors (Lipinski definition) is 2. The van der Waals surface area contributed by atoms with E-state index in [1.807, 2.05) is 42.5 Å². The number of benzene rings is 2. The van der Waals surface area contributed by atoms with E-state index >= 15 is 0 Å². The number of amides is 1. The summed E-state index contributed by atoms with van der Waals surface area (Å²) in [5.41, 5.74) is 0.924. The molecule has 0 aliphatic rings. The Morgan fingerprint density at radius 3 is 2.54 bits per heavy atom. The molecule has 1 aromatic heterocycles. The average Bonchev–Trinajstić information content (AvgIpc) is 3.12. The fourth-order valence-electron chi connectivity index (χ4n) is 2.61. The van der Waals surface area contributed by atoms with Gasteiger partial charge in [0.2, 0.25) is 0 Å². The lowest BCUT2D eigenvalue weighted by Gasteiger charge is -2.13. The van der Waals surface area contributed by atoms with Gasteiger partial charge in [-0.1, -0.05) is 42.5 Å². The second-order valence-corrected chi connectivity index (χ2v) is 5.61. The molecular formula is C19H17NO4. The molecule has 0 saturated carbocycles. The van der Waals surface area contributed by atoms with E-state index in [1.165, 1.54) is 12.3 Å². The highest BCUT2D eigenvalue weighted by atomic mass is 16.4. The van der Waals surface area contributed by atoms with Crippen molar-refractivity contribution in [3.8, 4) is 0 Å². The smallest absolute Gasteiger partial charge is 0.308 e. The molecular weight excluding hydrogens is 306 g/mol. The number of rotatable bonds is 6. The number of nitrogens with one attached hydrogen (secondary N) is 1. The molecule has 0 spiro atoms. The van der Waals surface area contributed by atoms with Crippen molar-refractivity contribution < 1.29 is 19.1 Å². The van der Waals surface area contributed by atoms with E-state index in [4.69, 9.17) is 4.42 Å². The van der Waals surface area contributed by atoms with Crippen molar-refractivity contribution >= 4 is 22.6 Å². The molecule has 1 amide bonds. The maximum absolute atomic E-state index is 11.9. The lowest BCUT2D eigenvalue weighted by molar-refractivity contribution is -0.141. The maximum Gasteiger partial charge on any atom is 0.308 e. The fraction of sp³-hybridized carbons (Fsp3) is 0.158. The zero-order valence-corrected chi connectivity index (χ0v) is 12.9. The first-order valence-corrected chi connectivity index (χ1v) is 7.65. The van der Waals surface area contributed by atoms with Crippen LogP contribution in [-0.4, -0.2) is 23.5 Å². The van der Waals surface area contributed by atoms with Crippen LogP contribution in [0.4, 0.5) is 0 Å². The molecule has 5 nitrogen and oxygen atoms in total. The Morgan fingerprint density at radius 2 is 1.83 bits per heavy atom. The molecule has 0 aliphatic heterocycles. The summed E-state index contributed by atoms with van der Waals surface area (Å²) in [6, 6.07) is 17.0. The minimum absolute atomic E-state index is 0.0433. The second kappa shape index (κ2) is 7.00. The predicted molar refractivity (Wildman–Crippen MR) is 89.8 cm³/mol. The summed E-state index contributed by atoms with van der Waals surface area (Å²) < 4.78 is 5.00. The third-order valence-electron chi connectivity index (χ3n) is 3.90. The number of carbonyl (C=O) groups excluding carboxylic acids is 1. The van der Waals surface area contributed by atoms with Crippen molar-refractivity contribution in [1.82, 2.24) is 5.32 Å². The summed E-state index contributed by atoms with van der Waals surface area (Å²) in [6.45, 7) is 0.0433. The molecule has 122 valence electrons. The quantitative estimate of drug-likeness (QED) is 0.730. The first kappa shape index (κ1) is 15.8. The minimum Gasteiger partial charge on any atom is -0.481 e. The number of fused-ring (bicyclic) bond motifs is 1. The second-order valence-electron chi connectivity index (χ2n) is 5.61. The third-order valence-corrected chi connectivity index (χ3v) is 3.90. The van der Waals surface area contributed by atoms with Crippen molar-refractivity contribution in [3.05, 3.63) is 72.2 Å². The van der Waals surface area contributed by atoms with E-state index < -0.39 is 17.8 Å². The van der Waals surface area contributed by atoms with Crippen LogP contribution in [-0.2, 0) is 11.2 Å². The average molecular weight is 323 g/mol. The first-order chi connectivity index (χ1) is 11.6. The summed E-state index contributed by atoms with van der Waals surface area (Å²) in [5, 5.41) is 14.2. The summed E-state index contributed by atoms with van der Waals surface area (Å²) in [4.78, 5) is 23.4. The number of hydrogen-bond acceptors (Lipinski definition) is 3. The molecule has 0 unspecified atom stereocenters. The molecule has 24 heavy (non-hydrogen) atoms. The molecule has 2 aromatic carbocycles. The Bertz CT molecular complexity index is 855. The molecule has 2 N–H and O–H groups in total. The van der Waals surface area contributed by atoms with Gasteiger partial charge in [-0.25, -0.2) is 0 Å². The van der Waals surface area contributed by atoms with Gasteiger partial charge in [-0.15, -0.1) is 0 Å². The number of carboxylic acids is 1. The van der Waals surface area contributed by atoms with Crippen LogP contribution in [0.1, 0.15) is 16.1 Å². The minimum atomic E-state index is -0.942. The van der Waals surface area contributed by atoms with Crippen molar-refractivity contribution in [2.45, 2.75) is 6.42 Å². The zero-order chi connectivity index (χ0) is 16.9. The summed E-state index contributed by atoms with van der Waals surface area (Å²) in [7, 11) is 0. The highest BCUT2D eigenvalue weighted by Gasteiger charge is 2.20. The Labute approximate surface area is 138 Å². The van der Waals surface area contributed by atoms with Gasteiger partial charge in [-0.3, -0.25) is 9.59 Å². The van der Waals surface area contributed by atoms with Crippen LogP contribution in [0.15, 0.2) is 65.3 Å². The molecule has 0 aliphatic carbocycles. The summed E-state index contributed by atoms with van der Waals surface area (Å²) in [6.07, 6.45) is 1.75. The molecule has 1 heterocycles. The largest absolute Gasteiger partial charge is 0.481 e. The van der Waals surface area contributed by atoms with Gasteiger partial charge in [0.25, 0.3) is 5.91 Å². The molecule has 5 heteroatoms. The van der Waals surface area contributed by atoms with Crippen LogP contribution in [0.25, 0.3) is 10.8 Å². The SMILES string of the molecule is O=C(NC[C@@H](Cc1ccc2ccccc2c1)C(=O)O)c1ccco1. The highest BCUT2D eigenvalue weighted by molar-refractivity contribution is 5.91. The lowest BCUT2D eigenvalue weighted by atomic mass is 9.97. The van der Waals surface area contributed by atoms with Gasteiger partial charge in [-0.2, -0.15) is 0 Å². The summed E-state index contributed by atoms with van der Waals surface area (Å²) >= 11 is 0. The van der Waals surface area contributed by atoms with Gasteiger partial charge in [-0.05, 0) is 34.9 Å². The van der Waals surface area contributed by atoms with Gasteiger partial charge in [0, 0.05) is 6.54 Å². The third kappa shape index (κ3) is 3.63. The topological polar surface area (TPSA) is 79.5 Å². The Kier molecular flexibility index (Phi) is 4.61. The van der Waals surface area contributed by atoms with Crippen molar-refractivity contribution in [2.75, 3.05) is 6.54 Å². The monoisotopic (exact) mass is 323 g/mol. The van der Waals surface area contributed by atoms with Crippen LogP contribution in [0.2, 0.25) is 0 Å². The van der Waals surface area contributed by atoms with Gasteiger partial charge < -0.3 is 14.8 Å². The highest BCUT2D eigenvalue weighted by Crippen LogP contribution is 2.18. The van der Waals surface area contributed by atoms with Crippen LogP contribution < -0.4 is 5.32 Å². The standard InChI is InChI=1S/C19H17NO4/c21-18(17-6-3-9-24-17)20-12-16(19(22)23)11-13-7-8-14-4-1-2-5-15(14)10-13/h1-10,16H,11-12H2,(H,20,21)(H,22,23)/t16-/m1/s1. The lowest BCUT2D eigenvalue weighted by Crippen LogP contribution is -2.33. The molecule has 3 rings (SSSR count). The number of aliphatic carboxylic acids is 1. The Morgan fingerprint density at radius 1 is 1.04 bits per heavy atom. The van der Waals surface area contributed by atoms with E-state index in [0.717, 1.165) is 16.3 Å². The van der Waals surface area contributed by atoms with Crippen LogP contribution in [0.3, 0.4) is 0 Å². The number of carboxylic acid groups (broad SMARTS) is 1. The summed E-state index contributed by atoms with van der Waals surface area (Å²) in [5.74, 6) is -1.89. The van der Waals surface area contributed by atoms with Crippen LogP contribution >= 0.6 is 0 Å². The normalized spacial score (nSPS) is 12.0. The number of furan rings is 1. The fourth-order valence-corrected chi connectivity index (χ4v) is 2.61. The van der Waals surface area contributed by atoms with E-state index in [9.17, 15) is 14.7 Å². The van der Waals surface area contributed by atoms with Gasteiger partial charge >= 0.3 is 5.97 Å². The number of carbonyl (C=O) groups is 2. The van der Waals surface area contributed by atoms with Crippen molar-refractivity contribution in [3.63, 3.8) is 0 Å². The zero-order valence-electron chi connectivity index (χ0n) is 12.9. The molecule has 0 saturated heterocycles. The Balaban J connectivity index is 1.68. The van der Waals surface area contributed by atoms with E-state index in [2.05, 4.69) is 5.32 Å². The van der Waals surface area contributed by atoms with Crippen molar-refractivity contribution in [2.24, 2.45) is 5.92 Å². The first-order valence-electron chi connectivity index (χ1n) is 7.65. The predicted octanol–water partition coefficient (Wildman–Crippen LogP) is 3.11. The van der Waals surface area contributed by atoms with Gasteiger partial charge in [0.1, 0.15) is 0 Å². The van der Waals surface area contributed by atoms with E-state index in [-0.39, 0.29) is 12.3 Å². The molecule has 1 atom stereocenters. The van der Waals surface area contributed by atoms with Gasteiger partial charge in [0.15, 0.2) is 5.76 Å². The van der Waals surface area contributed by atoms with Gasteiger partial charge in [0.05, 0.1) is 12.2 Å². The van der Waals surface area contributed by atoms with Crippen LogP contribution in [0, 0.1) is 5.92 Å². The van der Waals surface area contributed by atoms with E-state index in [1.54, 1.807) is 6.07 Å². The molecule has 0 radical (unpaired) electrons.